The number of nitrogens with two attached hydrogens (primary N) is 1. The highest BCUT2D eigenvalue weighted by atomic mass is 32.1. The predicted octanol–water partition coefficient (Wildman–Crippen LogP) is 3.30. The minimum Gasteiger partial charge on any atom is -0.326 e. The summed E-state index contributed by atoms with van der Waals surface area (Å²) in [4.78, 5) is 8.22. The van der Waals surface area contributed by atoms with Gasteiger partial charge in [0.1, 0.15) is 0 Å². The van der Waals surface area contributed by atoms with E-state index in [4.69, 9.17) is 10.7 Å². The first-order valence-electron chi connectivity index (χ1n) is 6.72. The third-order valence-corrected chi connectivity index (χ3v) is 4.85. The van der Waals surface area contributed by atoms with Crippen molar-refractivity contribution >= 4 is 22.2 Å². The lowest BCUT2D eigenvalue weighted by atomic mass is 10.00. The lowest BCUT2D eigenvalue weighted by molar-refractivity contribution is 0.763. The molecule has 2 N–H and O–H groups in total. The molecule has 1 aromatic carbocycles. The van der Waals surface area contributed by atoms with Crippen LogP contribution in [0.4, 0.5) is 10.8 Å². The van der Waals surface area contributed by atoms with Gasteiger partial charge in [0.25, 0.3) is 0 Å². The van der Waals surface area contributed by atoms with Gasteiger partial charge in [0.2, 0.25) is 0 Å². The Hall–Kier alpha value is -1.39. The molecule has 0 fully saturated rings. The molecule has 3 nitrogen and oxygen atoms in total. The second-order valence-electron chi connectivity index (χ2n) is 5.10. The van der Waals surface area contributed by atoms with Crippen molar-refractivity contribution in [2.24, 2.45) is 5.73 Å². The standard InChI is InChI=1S/C15H19N3S/c1-10-5-6-13-12(8-10)4-3-7-18(13)15-17-11(2)14(9-16)19-15/h5-6,8H,3-4,7,9,16H2,1-2H3. The van der Waals surface area contributed by atoms with Crippen molar-refractivity contribution in [3.05, 3.63) is 39.9 Å². The van der Waals surface area contributed by atoms with Gasteiger partial charge in [-0.25, -0.2) is 4.98 Å². The van der Waals surface area contributed by atoms with Crippen molar-refractivity contribution < 1.29 is 0 Å². The lowest BCUT2D eigenvalue weighted by Crippen LogP contribution is -2.24. The van der Waals surface area contributed by atoms with Crippen molar-refractivity contribution in [1.82, 2.24) is 4.98 Å². The molecule has 100 valence electrons. The van der Waals surface area contributed by atoms with E-state index in [1.165, 1.54) is 34.5 Å². The smallest absolute Gasteiger partial charge is 0.190 e. The van der Waals surface area contributed by atoms with Crippen molar-refractivity contribution in [3.8, 4) is 0 Å². The van der Waals surface area contributed by atoms with Crippen LogP contribution in [0.2, 0.25) is 0 Å². The maximum Gasteiger partial charge on any atom is 0.190 e. The zero-order chi connectivity index (χ0) is 13.4. The Labute approximate surface area is 118 Å². The quantitative estimate of drug-likeness (QED) is 0.913. The van der Waals surface area contributed by atoms with Crippen LogP contribution in [-0.4, -0.2) is 11.5 Å². The monoisotopic (exact) mass is 273 g/mol. The van der Waals surface area contributed by atoms with E-state index in [0.717, 1.165) is 17.4 Å². The SMILES string of the molecule is Cc1ccc2c(c1)CCCN2c1nc(C)c(CN)s1. The summed E-state index contributed by atoms with van der Waals surface area (Å²) in [5.41, 5.74) is 10.9. The molecule has 0 bridgehead atoms. The number of aromatic nitrogens is 1. The number of hydrogen-bond acceptors (Lipinski definition) is 4. The molecule has 0 spiro atoms. The average molecular weight is 273 g/mol. The van der Waals surface area contributed by atoms with Crippen LogP contribution in [-0.2, 0) is 13.0 Å². The molecular formula is C15H19N3S. The van der Waals surface area contributed by atoms with Gasteiger partial charge in [-0.1, -0.05) is 29.0 Å². The number of thiazole rings is 1. The number of fused-ring (bicyclic) bond motifs is 1. The third-order valence-electron chi connectivity index (χ3n) is 3.65. The topological polar surface area (TPSA) is 42.2 Å². The molecule has 1 aliphatic heterocycles. The molecule has 19 heavy (non-hydrogen) atoms. The van der Waals surface area contributed by atoms with E-state index in [9.17, 15) is 0 Å². The fourth-order valence-electron chi connectivity index (χ4n) is 2.64. The van der Waals surface area contributed by atoms with Crippen LogP contribution in [0.25, 0.3) is 0 Å². The van der Waals surface area contributed by atoms with Crippen LogP contribution < -0.4 is 10.6 Å². The number of hydrogen-bond donors (Lipinski definition) is 1. The molecule has 0 saturated carbocycles. The van der Waals surface area contributed by atoms with E-state index >= 15 is 0 Å². The molecule has 1 aromatic heterocycles. The van der Waals surface area contributed by atoms with Crippen LogP contribution >= 0.6 is 11.3 Å². The summed E-state index contributed by atoms with van der Waals surface area (Å²) < 4.78 is 0. The van der Waals surface area contributed by atoms with Crippen molar-refractivity contribution in [2.45, 2.75) is 33.2 Å². The Bertz CT molecular complexity index is 603. The fraction of sp³-hybridized carbons (Fsp3) is 0.400. The molecule has 2 aromatic rings. The first-order chi connectivity index (χ1) is 9.19. The van der Waals surface area contributed by atoms with Gasteiger partial charge in [-0.15, -0.1) is 0 Å². The Morgan fingerprint density at radius 1 is 1.37 bits per heavy atom. The van der Waals surface area contributed by atoms with E-state index in [0.29, 0.717) is 6.54 Å². The van der Waals surface area contributed by atoms with Crippen molar-refractivity contribution in [1.29, 1.82) is 0 Å². The average Bonchev–Trinajstić information content (AvgIpc) is 2.78. The highest BCUT2D eigenvalue weighted by Crippen LogP contribution is 2.36. The molecule has 0 radical (unpaired) electrons. The maximum absolute atomic E-state index is 5.76. The van der Waals surface area contributed by atoms with Gasteiger partial charge in [0.15, 0.2) is 5.13 Å². The van der Waals surface area contributed by atoms with Gasteiger partial charge in [-0.3, -0.25) is 0 Å². The van der Waals surface area contributed by atoms with E-state index in [2.05, 4.69) is 30.0 Å². The van der Waals surface area contributed by atoms with Gasteiger partial charge in [0, 0.05) is 23.7 Å². The van der Waals surface area contributed by atoms with Gasteiger partial charge >= 0.3 is 0 Å². The predicted molar refractivity (Wildman–Crippen MR) is 81.2 cm³/mol. The molecule has 0 unspecified atom stereocenters. The fourth-order valence-corrected chi connectivity index (χ4v) is 3.62. The minimum absolute atomic E-state index is 0.581. The lowest BCUT2D eigenvalue weighted by Gasteiger charge is -2.29. The first kappa shape index (κ1) is 12.6. The zero-order valence-electron chi connectivity index (χ0n) is 11.4. The highest BCUT2D eigenvalue weighted by molar-refractivity contribution is 7.15. The Morgan fingerprint density at radius 3 is 2.95 bits per heavy atom. The van der Waals surface area contributed by atoms with E-state index < -0.39 is 0 Å². The summed E-state index contributed by atoms with van der Waals surface area (Å²) in [6.45, 7) is 5.83. The molecule has 3 rings (SSSR count). The largest absolute Gasteiger partial charge is 0.326 e. The summed E-state index contributed by atoms with van der Waals surface area (Å²) in [5, 5.41) is 1.09. The molecule has 0 aliphatic carbocycles. The summed E-state index contributed by atoms with van der Waals surface area (Å²) >= 11 is 1.72. The number of nitrogens with zero attached hydrogens (tertiary/aromatic N) is 2. The molecule has 4 heteroatoms. The molecule has 0 amide bonds. The van der Waals surface area contributed by atoms with Crippen LogP contribution in [0.15, 0.2) is 18.2 Å². The van der Waals surface area contributed by atoms with Gasteiger partial charge in [-0.05, 0) is 38.3 Å². The van der Waals surface area contributed by atoms with E-state index in [1.54, 1.807) is 11.3 Å². The number of anilines is 2. The van der Waals surface area contributed by atoms with Crippen LogP contribution in [0.5, 0.6) is 0 Å². The Morgan fingerprint density at radius 2 is 2.21 bits per heavy atom. The second kappa shape index (κ2) is 4.94. The van der Waals surface area contributed by atoms with Gasteiger partial charge < -0.3 is 10.6 Å². The maximum atomic E-state index is 5.76. The zero-order valence-corrected chi connectivity index (χ0v) is 12.3. The number of aryl methyl sites for hydroxylation is 3. The first-order valence-corrected chi connectivity index (χ1v) is 7.54. The minimum atomic E-state index is 0.581. The summed E-state index contributed by atoms with van der Waals surface area (Å²) in [5.74, 6) is 0. The van der Waals surface area contributed by atoms with Crippen molar-refractivity contribution in [3.63, 3.8) is 0 Å². The number of benzene rings is 1. The van der Waals surface area contributed by atoms with Crippen LogP contribution in [0, 0.1) is 13.8 Å². The highest BCUT2D eigenvalue weighted by Gasteiger charge is 2.21. The second-order valence-corrected chi connectivity index (χ2v) is 6.16. The molecular weight excluding hydrogens is 254 g/mol. The summed E-state index contributed by atoms with van der Waals surface area (Å²) in [7, 11) is 0. The third kappa shape index (κ3) is 2.26. The van der Waals surface area contributed by atoms with Gasteiger partial charge in [0.05, 0.1) is 5.69 Å². The number of rotatable bonds is 2. The Balaban J connectivity index is 2.03. The summed E-state index contributed by atoms with van der Waals surface area (Å²) in [6, 6.07) is 6.70. The molecule has 0 saturated heterocycles. The summed E-state index contributed by atoms with van der Waals surface area (Å²) in [6.07, 6.45) is 2.36. The molecule has 2 heterocycles. The van der Waals surface area contributed by atoms with Crippen molar-refractivity contribution in [2.75, 3.05) is 11.4 Å². The Kier molecular flexibility index (Phi) is 3.29. The van der Waals surface area contributed by atoms with E-state index in [1.807, 2.05) is 6.92 Å². The van der Waals surface area contributed by atoms with Crippen LogP contribution in [0.1, 0.15) is 28.1 Å². The van der Waals surface area contributed by atoms with Gasteiger partial charge in [-0.2, -0.15) is 0 Å². The molecule has 1 aliphatic rings. The normalized spacial score (nSPS) is 14.6. The van der Waals surface area contributed by atoms with E-state index in [-0.39, 0.29) is 0 Å². The van der Waals surface area contributed by atoms with Crippen LogP contribution in [0.3, 0.4) is 0 Å². The molecule has 0 atom stereocenters.